The van der Waals surface area contributed by atoms with Crippen LogP contribution in [0, 0.1) is 11.8 Å². The van der Waals surface area contributed by atoms with Crippen LogP contribution < -0.4 is 0 Å². The monoisotopic (exact) mass is 480 g/mol. The van der Waals surface area contributed by atoms with Gasteiger partial charge in [0.05, 0.1) is 36.5 Å². The lowest BCUT2D eigenvalue weighted by molar-refractivity contribution is 0.0271. The summed E-state index contributed by atoms with van der Waals surface area (Å²) in [6.07, 6.45) is 2.15. The largest absolute Gasteiger partial charge is 0.444 e. The summed E-state index contributed by atoms with van der Waals surface area (Å²) in [6, 6.07) is 2.12. The van der Waals surface area contributed by atoms with Crippen molar-refractivity contribution < 1.29 is 14.3 Å². The smallest absolute Gasteiger partial charge is 0.410 e. The second kappa shape index (κ2) is 8.70. The van der Waals surface area contributed by atoms with Gasteiger partial charge in [0.1, 0.15) is 5.60 Å². The summed E-state index contributed by atoms with van der Waals surface area (Å²) in [6.45, 7) is 14.6. The maximum Gasteiger partial charge on any atom is 0.410 e. The minimum atomic E-state index is -0.441. The zero-order valence-electron chi connectivity index (χ0n) is 19.2. The number of morpholine rings is 1. The minimum absolute atomic E-state index is 0.172. The lowest BCUT2D eigenvalue weighted by Crippen LogP contribution is -2.41. The standard InChI is InChI=1S/C23H33ClN4O3S/c1-23(2,3)31-22(29)28-11-16-9-25(10-17(16)12-28)15-26-13-19(27-4-6-30-7-5-27)18-8-21(24)32-20(18)14-26/h8,13,16-17H,4-7,9-12,14-15H2,1-3H3. The lowest BCUT2D eigenvalue weighted by Gasteiger charge is -2.37. The number of amides is 1. The topological polar surface area (TPSA) is 48.5 Å². The predicted octanol–water partition coefficient (Wildman–Crippen LogP) is 3.60. The van der Waals surface area contributed by atoms with E-state index in [0.29, 0.717) is 11.8 Å². The van der Waals surface area contributed by atoms with E-state index in [2.05, 4.69) is 27.0 Å². The number of ether oxygens (including phenoxy) is 2. The molecule has 1 aromatic rings. The number of rotatable bonds is 3. The molecule has 3 fully saturated rings. The van der Waals surface area contributed by atoms with Gasteiger partial charge in [0.2, 0.25) is 0 Å². The van der Waals surface area contributed by atoms with Gasteiger partial charge in [0, 0.05) is 55.9 Å². The van der Waals surface area contributed by atoms with Crippen LogP contribution in [0.15, 0.2) is 12.3 Å². The molecule has 0 radical (unpaired) electrons. The normalized spacial score (nSPS) is 26.2. The molecule has 0 saturated carbocycles. The van der Waals surface area contributed by atoms with Gasteiger partial charge in [0.15, 0.2) is 0 Å². The van der Waals surface area contributed by atoms with E-state index in [1.807, 2.05) is 25.7 Å². The fourth-order valence-electron chi connectivity index (χ4n) is 5.29. The summed E-state index contributed by atoms with van der Waals surface area (Å²) < 4.78 is 12.0. The van der Waals surface area contributed by atoms with Crippen molar-refractivity contribution in [1.82, 2.24) is 19.6 Å². The summed E-state index contributed by atoms with van der Waals surface area (Å²) >= 11 is 8.09. The second-order valence-electron chi connectivity index (χ2n) is 10.3. The van der Waals surface area contributed by atoms with Gasteiger partial charge in [-0.25, -0.2) is 4.79 Å². The lowest BCUT2D eigenvalue weighted by atomic mass is 10.0. The van der Waals surface area contributed by atoms with Gasteiger partial charge in [0.25, 0.3) is 0 Å². The maximum absolute atomic E-state index is 12.4. The molecule has 5 rings (SSSR count). The third kappa shape index (κ3) is 4.74. The molecule has 4 aliphatic heterocycles. The quantitative estimate of drug-likeness (QED) is 0.658. The number of hydrogen-bond donors (Lipinski definition) is 0. The molecule has 0 aromatic carbocycles. The highest BCUT2D eigenvalue weighted by molar-refractivity contribution is 7.16. The van der Waals surface area contributed by atoms with E-state index < -0.39 is 5.60 Å². The van der Waals surface area contributed by atoms with Crippen LogP contribution in [-0.4, -0.2) is 90.4 Å². The van der Waals surface area contributed by atoms with Gasteiger partial charge in [-0.1, -0.05) is 11.6 Å². The van der Waals surface area contributed by atoms with Crippen LogP contribution in [0.2, 0.25) is 4.34 Å². The summed E-state index contributed by atoms with van der Waals surface area (Å²) in [5.74, 6) is 1.06. The third-order valence-corrected chi connectivity index (χ3v) is 7.90. The number of carbonyl (C=O) groups excluding carboxylic acids is 1. The van der Waals surface area contributed by atoms with Crippen LogP contribution in [0.4, 0.5) is 4.79 Å². The van der Waals surface area contributed by atoms with Gasteiger partial charge in [-0.05, 0) is 38.7 Å². The Hall–Kier alpha value is -1.48. The number of nitrogens with zero attached hydrogens (tertiary/aromatic N) is 4. The van der Waals surface area contributed by atoms with E-state index in [9.17, 15) is 4.79 Å². The number of carbonyl (C=O) groups is 1. The van der Waals surface area contributed by atoms with Crippen LogP contribution in [0.3, 0.4) is 0 Å². The van der Waals surface area contributed by atoms with Crippen LogP contribution >= 0.6 is 22.9 Å². The molecule has 176 valence electrons. The van der Waals surface area contributed by atoms with Crippen molar-refractivity contribution in [2.75, 3.05) is 59.2 Å². The minimum Gasteiger partial charge on any atom is -0.444 e. The highest BCUT2D eigenvalue weighted by Gasteiger charge is 2.43. The molecule has 1 amide bonds. The molecule has 0 aliphatic carbocycles. The highest BCUT2D eigenvalue weighted by Crippen LogP contribution is 2.38. The Morgan fingerprint density at radius 3 is 2.53 bits per heavy atom. The molecule has 0 spiro atoms. The molecule has 2 unspecified atom stereocenters. The number of halogens is 1. The van der Waals surface area contributed by atoms with Crippen LogP contribution in [-0.2, 0) is 16.0 Å². The number of thiophene rings is 1. The zero-order valence-corrected chi connectivity index (χ0v) is 20.8. The van der Waals surface area contributed by atoms with E-state index in [0.717, 1.165) is 70.0 Å². The molecule has 7 nitrogen and oxygen atoms in total. The molecular formula is C23H33ClN4O3S. The third-order valence-electron chi connectivity index (χ3n) is 6.65. The fraction of sp³-hybridized carbons (Fsp3) is 0.696. The van der Waals surface area contributed by atoms with E-state index in [1.165, 1.54) is 16.1 Å². The Kier molecular flexibility index (Phi) is 6.07. The Bertz CT molecular complexity index is 878. The second-order valence-corrected chi connectivity index (χ2v) is 12.1. The van der Waals surface area contributed by atoms with Gasteiger partial charge < -0.3 is 24.2 Å². The molecule has 0 N–H and O–H groups in total. The molecule has 32 heavy (non-hydrogen) atoms. The Morgan fingerprint density at radius 2 is 1.88 bits per heavy atom. The first-order chi connectivity index (χ1) is 15.2. The summed E-state index contributed by atoms with van der Waals surface area (Å²) in [5, 5.41) is 0. The molecule has 5 heterocycles. The van der Waals surface area contributed by atoms with E-state index in [-0.39, 0.29) is 6.09 Å². The van der Waals surface area contributed by atoms with Crippen molar-refractivity contribution in [3.05, 3.63) is 27.0 Å². The van der Waals surface area contributed by atoms with Gasteiger partial charge >= 0.3 is 6.09 Å². The summed E-state index contributed by atoms with van der Waals surface area (Å²) in [7, 11) is 0. The van der Waals surface area contributed by atoms with Crippen LogP contribution in [0.25, 0.3) is 5.70 Å². The van der Waals surface area contributed by atoms with E-state index in [1.54, 1.807) is 11.3 Å². The first-order valence-corrected chi connectivity index (χ1v) is 12.7. The van der Waals surface area contributed by atoms with Crippen molar-refractivity contribution in [1.29, 1.82) is 0 Å². The van der Waals surface area contributed by atoms with Crippen LogP contribution in [0.1, 0.15) is 31.2 Å². The summed E-state index contributed by atoms with van der Waals surface area (Å²) in [4.78, 5) is 23.1. The van der Waals surface area contributed by atoms with E-state index >= 15 is 0 Å². The Balaban J connectivity index is 1.22. The van der Waals surface area contributed by atoms with Crippen molar-refractivity contribution in [2.45, 2.75) is 32.9 Å². The SMILES string of the molecule is CC(C)(C)OC(=O)N1CC2CN(CN3C=C(N4CCOCC4)c4cc(Cl)sc4C3)CC2C1. The fourth-order valence-corrected chi connectivity index (χ4v) is 6.59. The maximum atomic E-state index is 12.4. The first-order valence-electron chi connectivity index (χ1n) is 11.5. The molecule has 0 bridgehead atoms. The molecule has 3 saturated heterocycles. The van der Waals surface area contributed by atoms with Gasteiger partial charge in [-0.15, -0.1) is 11.3 Å². The highest BCUT2D eigenvalue weighted by atomic mass is 35.5. The predicted molar refractivity (Wildman–Crippen MR) is 126 cm³/mol. The molecular weight excluding hydrogens is 448 g/mol. The number of hydrogen-bond acceptors (Lipinski definition) is 7. The zero-order chi connectivity index (χ0) is 22.5. The Morgan fingerprint density at radius 1 is 1.19 bits per heavy atom. The van der Waals surface area contributed by atoms with Gasteiger partial charge in [-0.2, -0.15) is 0 Å². The average molecular weight is 481 g/mol. The van der Waals surface area contributed by atoms with Gasteiger partial charge in [-0.3, -0.25) is 4.90 Å². The van der Waals surface area contributed by atoms with E-state index in [4.69, 9.17) is 21.1 Å². The number of likely N-dealkylation sites (tertiary alicyclic amines) is 2. The average Bonchev–Trinajstić information content (AvgIpc) is 3.39. The number of fused-ring (bicyclic) bond motifs is 2. The summed E-state index contributed by atoms with van der Waals surface area (Å²) in [5.41, 5.74) is 2.11. The van der Waals surface area contributed by atoms with Crippen LogP contribution in [0.5, 0.6) is 0 Å². The van der Waals surface area contributed by atoms with Crippen molar-refractivity contribution in [3.63, 3.8) is 0 Å². The first kappa shape index (κ1) is 22.3. The Labute approximate surface area is 199 Å². The molecule has 9 heteroatoms. The molecule has 4 aliphatic rings. The molecule has 2 atom stereocenters. The van der Waals surface area contributed by atoms with Crippen molar-refractivity contribution in [3.8, 4) is 0 Å². The molecule has 1 aromatic heterocycles. The van der Waals surface area contributed by atoms with Crippen molar-refractivity contribution >= 4 is 34.7 Å². The van der Waals surface area contributed by atoms with Crippen molar-refractivity contribution in [2.24, 2.45) is 11.8 Å².